The first-order chi connectivity index (χ1) is 9.15. The van der Waals surface area contributed by atoms with E-state index in [1.807, 2.05) is 55.5 Å². The van der Waals surface area contributed by atoms with Gasteiger partial charge in [-0.15, -0.1) is 0 Å². The average Bonchev–Trinajstić information content (AvgIpc) is 2.39. The molecule has 0 saturated carbocycles. The summed E-state index contributed by atoms with van der Waals surface area (Å²) < 4.78 is 5.68. The Morgan fingerprint density at radius 1 is 1.05 bits per heavy atom. The van der Waals surface area contributed by atoms with E-state index in [9.17, 15) is 4.79 Å². The number of aliphatic carboxylic acids is 1. The van der Waals surface area contributed by atoms with Gasteiger partial charge in [-0.1, -0.05) is 42.0 Å². The van der Waals surface area contributed by atoms with Crippen molar-refractivity contribution in [3.63, 3.8) is 0 Å². The smallest absolute Gasteiger partial charge is 0.307 e. The van der Waals surface area contributed by atoms with Crippen molar-refractivity contribution in [1.29, 1.82) is 0 Å². The Hall–Kier alpha value is -2.29. The van der Waals surface area contributed by atoms with Gasteiger partial charge in [-0.25, -0.2) is 0 Å². The molecule has 0 heterocycles. The van der Waals surface area contributed by atoms with E-state index in [0.29, 0.717) is 6.61 Å². The lowest BCUT2D eigenvalue weighted by Gasteiger charge is -2.10. The van der Waals surface area contributed by atoms with Crippen LogP contribution in [0.2, 0.25) is 0 Å². The van der Waals surface area contributed by atoms with E-state index < -0.39 is 5.97 Å². The first kappa shape index (κ1) is 13.1. The fraction of sp³-hybridized carbons (Fsp3) is 0.188. The third-order valence-corrected chi connectivity index (χ3v) is 2.88. The average molecular weight is 256 g/mol. The maximum atomic E-state index is 10.8. The van der Waals surface area contributed by atoms with Gasteiger partial charge in [-0.3, -0.25) is 4.79 Å². The molecule has 0 fully saturated rings. The van der Waals surface area contributed by atoms with Crippen molar-refractivity contribution in [2.24, 2.45) is 0 Å². The highest BCUT2D eigenvalue weighted by molar-refractivity contribution is 5.70. The number of carbonyl (C=O) groups is 1. The largest absolute Gasteiger partial charge is 0.489 e. The Morgan fingerprint density at radius 2 is 1.68 bits per heavy atom. The summed E-state index contributed by atoms with van der Waals surface area (Å²) in [6, 6.07) is 15.2. The number of carboxylic acids is 1. The van der Waals surface area contributed by atoms with Gasteiger partial charge in [0, 0.05) is 0 Å². The number of ether oxygens (including phenoxy) is 1. The summed E-state index contributed by atoms with van der Waals surface area (Å²) in [5.41, 5.74) is 2.88. The Morgan fingerprint density at radius 3 is 2.32 bits per heavy atom. The fourth-order valence-corrected chi connectivity index (χ4v) is 1.83. The highest BCUT2D eigenvalue weighted by Crippen LogP contribution is 2.16. The number of hydrogen-bond donors (Lipinski definition) is 1. The third-order valence-electron chi connectivity index (χ3n) is 2.88. The topological polar surface area (TPSA) is 46.5 Å². The second-order valence-electron chi connectivity index (χ2n) is 4.44. The van der Waals surface area contributed by atoms with Crippen molar-refractivity contribution in [1.82, 2.24) is 0 Å². The van der Waals surface area contributed by atoms with E-state index in [1.165, 1.54) is 5.56 Å². The van der Waals surface area contributed by atoms with E-state index in [-0.39, 0.29) is 6.42 Å². The maximum absolute atomic E-state index is 10.8. The molecule has 0 saturated heterocycles. The Labute approximate surface area is 112 Å². The molecule has 3 nitrogen and oxygen atoms in total. The third kappa shape index (κ3) is 3.85. The fourth-order valence-electron chi connectivity index (χ4n) is 1.83. The van der Waals surface area contributed by atoms with Crippen LogP contribution in [0.4, 0.5) is 0 Å². The van der Waals surface area contributed by atoms with Crippen molar-refractivity contribution in [2.45, 2.75) is 20.0 Å². The lowest BCUT2D eigenvalue weighted by atomic mass is 10.1. The van der Waals surface area contributed by atoms with Crippen molar-refractivity contribution >= 4 is 5.97 Å². The van der Waals surface area contributed by atoms with Crippen molar-refractivity contribution in [2.75, 3.05) is 0 Å². The molecule has 2 aromatic rings. The van der Waals surface area contributed by atoms with E-state index in [2.05, 4.69) is 0 Å². The summed E-state index contributed by atoms with van der Waals surface area (Å²) in [6.45, 7) is 2.40. The number of carboxylic acid groups (broad SMARTS) is 1. The molecule has 0 bridgehead atoms. The predicted octanol–water partition coefficient (Wildman–Crippen LogP) is 3.20. The van der Waals surface area contributed by atoms with Crippen LogP contribution in [0.1, 0.15) is 16.7 Å². The van der Waals surface area contributed by atoms with Crippen LogP contribution in [0.25, 0.3) is 0 Å². The number of aryl methyl sites for hydroxylation is 1. The summed E-state index contributed by atoms with van der Waals surface area (Å²) in [6.07, 6.45) is 0.0213. The summed E-state index contributed by atoms with van der Waals surface area (Å²) in [4.78, 5) is 10.8. The van der Waals surface area contributed by atoms with Gasteiger partial charge in [0.05, 0.1) is 6.42 Å². The quantitative estimate of drug-likeness (QED) is 0.893. The summed E-state index contributed by atoms with van der Waals surface area (Å²) in [7, 11) is 0. The minimum Gasteiger partial charge on any atom is -0.489 e. The highest BCUT2D eigenvalue weighted by atomic mass is 16.5. The molecule has 0 aliphatic heterocycles. The second-order valence-corrected chi connectivity index (χ2v) is 4.44. The molecule has 0 aliphatic rings. The van der Waals surface area contributed by atoms with Crippen molar-refractivity contribution in [3.05, 3.63) is 65.2 Å². The standard InChI is InChI=1S/C16H16O3/c1-12-6-8-15(9-7-12)19-11-14-5-3-2-4-13(14)10-16(17)18/h2-9H,10-11H2,1H3,(H,17,18). The summed E-state index contributed by atoms with van der Waals surface area (Å²) in [5, 5.41) is 8.87. The predicted molar refractivity (Wildman–Crippen MR) is 73.3 cm³/mol. The van der Waals surface area contributed by atoms with E-state index in [0.717, 1.165) is 16.9 Å². The van der Waals surface area contributed by atoms with E-state index in [4.69, 9.17) is 9.84 Å². The first-order valence-corrected chi connectivity index (χ1v) is 6.13. The molecule has 0 atom stereocenters. The number of rotatable bonds is 5. The zero-order valence-electron chi connectivity index (χ0n) is 10.8. The van der Waals surface area contributed by atoms with Crippen LogP contribution in [-0.2, 0) is 17.8 Å². The van der Waals surface area contributed by atoms with Crippen molar-refractivity contribution in [3.8, 4) is 5.75 Å². The van der Waals surface area contributed by atoms with Crippen LogP contribution < -0.4 is 4.74 Å². The van der Waals surface area contributed by atoms with Crippen LogP contribution in [0.3, 0.4) is 0 Å². The van der Waals surface area contributed by atoms with Crippen LogP contribution in [0.5, 0.6) is 5.75 Å². The van der Waals surface area contributed by atoms with Gasteiger partial charge in [0.1, 0.15) is 12.4 Å². The van der Waals surface area contributed by atoms with Crippen LogP contribution >= 0.6 is 0 Å². The Bertz CT molecular complexity index is 558. The second kappa shape index (κ2) is 6.05. The molecule has 2 rings (SSSR count). The SMILES string of the molecule is Cc1ccc(OCc2ccccc2CC(=O)O)cc1. The van der Waals surface area contributed by atoms with Crippen LogP contribution in [0, 0.1) is 6.92 Å². The van der Waals surface area contributed by atoms with Gasteiger partial charge in [0.25, 0.3) is 0 Å². The van der Waals surface area contributed by atoms with Crippen molar-refractivity contribution < 1.29 is 14.6 Å². The minimum atomic E-state index is -0.831. The monoisotopic (exact) mass is 256 g/mol. The molecule has 0 amide bonds. The lowest BCUT2D eigenvalue weighted by Crippen LogP contribution is -2.05. The number of hydrogen-bond acceptors (Lipinski definition) is 2. The molecule has 2 aromatic carbocycles. The molecule has 0 spiro atoms. The minimum absolute atomic E-state index is 0.0213. The first-order valence-electron chi connectivity index (χ1n) is 6.13. The molecular weight excluding hydrogens is 240 g/mol. The molecule has 3 heteroatoms. The van der Waals surface area contributed by atoms with Gasteiger partial charge in [-0.2, -0.15) is 0 Å². The zero-order valence-corrected chi connectivity index (χ0v) is 10.8. The Kier molecular flexibility index (Phi) is 4.18. The molecule has 0 radical (unpaired) electrons. The molecule has 19 heavy (non-hydrogen) atoms. The molecule has 0 aliphatic carbocycles. The Balaban J connectivity index is 2.06. The molecular formula is C16H16O3. The normalized spacial score (nSPS) is 10.2. The zero-order chi connectivity index (χ0) is 13.7. The van der Waals surface area contributed by atoms with Gasteiger partial charge >= 0.3 is 5.97 Å². The lowest BCUT2D eigenvalue weighted by molar-refractivity contribution is -0.136. The van der Waals surface area contributed by atoms with Gasteiger partial charge in [0.15, 0.2) is 0 Å². The summed E-state index contributed by atoms with van der Waals surface area (Å²) in [5.74, 6) is -0.0430. The molecule has 1 N–H and O–H groups in total. The van der Waals surface area contributed by atoms with E-state index in [1.54, 1.807) is 0 Å². The van der Waals surface area contributed by atoms with Gasteiger partial charge in [0.2, 0.25) is 0 Å². The molecule has 0 unspecified atom stereocenters. The molecule has 98 valence electrons. The number of benzene rings is 2. The maximum Gasteiger partial charge on any atom is 0.307 e. The van der Waals surface area contributed by atoms with Crippen LogP contribution in [-0.4, -0.2) is 11.1 Å². The van der Waals surface area contributed by atoms with Gasteiger partial charge in [-0.05, 0) is 30.2 Å². The molecule has 0 aromatic heterocycles. The summed E-state index contributed by atoms with van der Waals surface area (Å²) >= 11 is 0. The van der Waals surface area contributed by atoms with E-state index >= 15 is 0 Å². The van der Waals surface area contributed by atoms with Gasteiger partial charge < -0.3 is 9.84 Å². The van der Waals surface area contributed by atoms with Crippen LogP contribution in [0.15, 0.2) is 48.5 Å². The highest BCUT2D eigenvalue weighted by Gasteiger charge is 2.06.